The minimum absolute atomic E-state index is 0.0778. The highest BCUT2D eigenvalue weighted by molar-refractivity contribution is 5.69. The van der Waals surface area contributed by atoms with Crippen molar-refractivity contribution in [3.05, 3.63) is 58.5 Å². The first-order valence-electron chi connectivity index (χ1n) is 8.95. The summed E-state index contributed by atoms with van der Waals surface area (Å²) in [6.07, 6.45) is 3.44. The lowest BCUT2D eigenvalue weighted by Crippen LogP contribution is -2.43. The van der Waals surface area contributed by atoms with Gasteiger partial charge in [-0.05, 0) is 42.5 Å². The second-order valence-electron chi connectivity index (χ2n) is 6.59. The number of carbonyl (C=O) groups excluding carboxylic acids is 1. The van der Waals surface area contributed by atoms with Gasteiger partial charge < -0.3 is 19.7 Å². The van der Waals surface area contributed by atoms with Crippen LogP contribution < -0.4 is 5.56 Å². The Morgan fingerprint density at radius 3 is 2.54 bits per heavy atom. The summed E-state index contributed by atoms with van der Waals surface area (Å²) in [5.41, 5.74) is 2.85. The molecule has 1 aliphatic heterocycles. The van der Waals surface area contributed by atoms with Gasteiger partial charge in [-0.15, -0.1) is 0 Å². The number of carbonyl (C=O) groups is 1. The monoisotopic (exact) mass is 356 g/mol. The van der Waals surface area contributed by atoms with Crippen molar-refractivity contribution in [2.45, 2.75) is 38.3 Å². The summed E-state index contributed by atoms with van der Waals surface area (Å²) in [5.74, 6) is 0. The summed E-state index contributed by atoms with van der Waals surface area (Å²) >= 11 is 0. The number of amides is 1. The van der Waals surface area contributed by atoms with Crippen LogP contribution in [0.15, 0.2) is 47.4 Å². The Morgan fingerprint density at radius 2 is 1.92 bits per heavy atom. The molecule has 0 saturated carbocycles. The first-order valence-corrected chi connectivity index (χ1v) is 8.95. The van der Waals surface area contributed by atoms with E-state index in [0.29, 0.717) is 19.4 Å². The number of benzene rings is 1. The highest BCUT2D eigenvalue weighted by atomic mass is 16.6. The molecule has 2 heterocycles. The molecule has 0 spiro atoms. The Kier molecular flexibility index (Phi) is 5.73. The van der Waals surface area contributed by atoms with E-state index in [4.69, 9.17) is 9.84 Å². The molecule has 1 amide bonds. The topological polar surface area (TPSA) is 82.6 Å². The van der Waals surface area contributed by atoms with Crippen LogP contribution >= 0.6 is 0 Å². The van der Waals surface area contributed by atoms with E-state index in [0.717, 1.165) is 23.1 Å². The lowest BCUT2D eigenvalue weighted by molar-refractivity contribution is 0.00760. The van der Waals surface area contributed by atoms with Crippen molar-refractivity contribution < 1.29 is 14.6 Å². The maximum absolute atomic E-state index is 12.3. The Balaban J connectivity index is 1.66. The molecule has 1 fully saturated rings. The number of aromatic amines is 1. The van der Waals surface area contributed by atoms with Gasteiger partial charge in [-0.3, -0.25) is 4.79 Å². The first-order chi connectivity index (χ1) is 12.6. The number of hydrogen-bond acceptors (Lipinski definition) is 4. The molecule has 3 rings (SSSR count). The van der Waals surface area contributed by atoms with Gasteiger partial charge in [0.25, 0.3) is 0 Å². The van der Waals surface area contributed by atoms with Crippen molar-refractivity contribution in [1.29, 1.82) is 0 Å². The summed E-state index contributed by atoms with van der Waals surface area (Å²) in [7, 11) is 0. The highest BCUT2D eigenvalue weighted by Gasteiger charge is 2.30. The summed E-state index contributed by atoms with van der Waals surface area (Å²) in [5, 5.41) is 8.90. The zero-order valence-electron chi connectivity index (χ0n) is 14.9. The van der Waals surface area contributed by atoms with Crippen LogP contribution in [-0.4, -0.2) is 40.3 Å². The zero-order valence-corrected chi connectivity index (χ0v) is 14.9. The van der Waals surface area contributed by atoms with E-state index < -0.39 is 0 Å². The highest BCUT2D eigenvalue weighted by Crippen LogP contribution is 2.28. The maximum Gasteiger partial charge on any atom is 0.410 e. The zero-order chi connectivity index (χ0) is 18.5. The molecule has 1 saturated heterocycles. The Hall–Kier alpha value is -2.60. The van der Waals surface area contributed by atoms with Gasteiger partial charge in [0.2, 0.25) is 5.56 Å². The summed E-state index contributed by atoms with van der Waals surface area (Å²) in [6.45, 7) is 2.76. The number of hydrogen-bond donors (Lipinski definition) is 2. The molecule has 1 aliphatic rings. The molecule has 138 valence electrons. The summed E-state index contributed by atoms with van der Waals surface area (Å²) in [6, 6.07) is 11.2. The van der Waals surface area contributed by atoms with Crippen LogP contribution in [0.25, 0.3) is 11.1 Å². The smallest absolute Gasteiger partial charge is 0.410 e. The number of pyridine rings is 1. The Morgan fingerprint density at radius 1 is 1.19 bits per heavy atom. The van der Waals surface area contributed by atoms with E-state index >= 15 is 0 Å². The van der Waals surface area contributed by atoms with Gasteiger partial charge in [0.1, 0.15) is 6.10 Å². The van der Waals surface area contributed by atoms with Gasteiger partial charge in [0, 0.05) is 31.8 Å². The van der Waals surface area contributed by atoms with Gasteiger partial charge in [-0.2, -0.15) is 0 Å². The third-order valence-electron chi connectivity index (χ3n) is 4.86. The van der Waals surface area contributed by atoms with Crippen molar-refractivity contribution >= 4 is 6.09 Å². The number of H-pyrrole nitrogens is 1. The molecule has 26 heavy (non-hydrogen) atoms. The number of aliphatic hydroxyl groups excluding tert-OH is 1. The summed E-state index contributed by atoms with van der Waals surface area (Å²) < 4.78 is 5.49. The molecule has 0 radical (unpaired) electrons. The molecule has 0 unspecified atom stereocenters. The molecule has 2 N–H and O–H groups in total. The van der Waals surface area contributed by atoms with Crippen LogP contribution in [0.2, 0.25) is 0 Å². The maximum atomic E-state index is 12.3. The van der Waals surface area contributed by atoms with Gasteiger partial charge in [-0.25, -0.2) is 4.79 Å². The number of nitrogens with zero attached hydrogens (tertiary/aromatic N) is 1. The average Bonchev–Trinajstić information content (AvgIpc) is 2.67. The van der Waals surface area contributed by atoms with Gasteiger partial charge >= 0.3 is 6.09 Å². The fourth-order valence-corrected chi connectivity index (χ4v) is 3.24. The van der Waals surface area contributed by atoms with Crippen molar-refractivity contribution in [1.82, 2.24) is 9.88 Å². The third-order valence-corrected chi connectivity index (χ3v) is 4.86. The Labute approximate surface area is 152 Å². The molecule has 6 nitrogen and oxygen atoms in total. The SMILES string of the molecule is C[C@@H](c1ccc(-c2ccc(=O)[nH]c2)cc1)N1CC[C@@H](CCCO)OC1=O. The van der Waals surface area contributed by atoms with E-state index in [1.807, 2.05) is 31.2 Å². The van der Waals surface area contributed by atoms with Crippen LogP contribution in [0.5, 0.6) is 0 Å². The quantitative estimate of drug-likeness (QED) is 0.833. The molecule has 0 bridgehead atoms. The molecular formula is C20H24N2O4. The van der Waals surface area contributed by atoms with Crippen LogP contribution in [0.4, 0.5) is 4.79 Å². The molecule has 2 atom stereocenters. The van der Waals surface area contributed by atoms with Crippen LogP contribution in [0, 0.1) is 0 Å². The molecular weight excluding hydrogens is 332 g/mol. The normalized spacial score (nSPS) is 18.5. The Bertz CT molecular complexity index is 780. The number of nitrogens with one attached hydrogen (secondary N) is 1. The van der Waals surface area contributed by atoms with Crippen LogP contribution in [0.1, 0.15) is 37.8 Å². The van der Waals surface area contributed by atoms with Crippen LogP contribution in [0.3, 0.4) is 0 Å². The van der Waals surface area contributed by atoms with Crippen LogP contribution in [-0.2, 0) is 4.74 Å². The molecule has 6 heteroatoms. The van der Waals surface area contributed by atoms with Gasteiger partial charge in [0.15, 0.2) is 0 Å². The van der Waals surface area contributed by atoms with Crippen molar-refractivity contribution in [2.75, 3.05) is 13.2 Å². The number of rotatable bonds is 6. The minimum atomic E-state index is -0.295. The van der Waals surface area contributed by atoms with Crippen molar-refractivity contribution in [3.8, 4) is 11.1 Å². The second-order valence-corrected chi connectivity index (χ2v) is 6.59. The molecule has 2 aromatic rings. The van der Waals surface area contributed by atoms with Gasteiger partial charge in [0.05, 0.1) is 6.04 Å². The standard InChI is InChI=1S/C20H24N2O4/c1-14(22-11-10-18(3-2-12-23)26-20(22)25)15-4-6-16(7-5-15)17-8-9-19(24)21-13-17/h4-9,13-14,18,23H,2-3,10-12H2,1H3,(H,21,24)/t14-,18+/m0/s1. The number of ether oxygens (including phenoxy) is 1. The van der Waals surface area contributed by atoms with E-state index in [1.165, 1.54) is 6.07 Å². The minimum Gasteiger partial charge on any atom is -0.446 e. The lowest BCUT2D eigenvalue weighted by Gasteiger charge is -2.35. The summed E-state index contributed by atoms with van der Waals surface area (Å²) in [4.78, 5) is 27.9. The fourth-order valence-electron chi connectivity index (χ4n) is 3.24. The number of aromatic nitrogens is 1. The van der Waals surface area contributed by atoms with E-state index in [9.17, 15) is 9.59 Å². The predicted molar refractivity (Wildman–Crippen MR) is 98.8 cm³/mol. The fraction of sp³-hybridized carbons (Fsp3) is 0.400. The largest absolute Gasteiger partial charge is 0.446 e. The molecule has 1 aromatic carbocycles. The third kappa shape index (κ3) is 4.14. The van der Waals surface area contributed by atoms with E-state index in [-0.39, 0.29) is 30.4 Å². The first kappa shape index (κ1) is 18.2. The molecule has 0 aliphatic carbocycles. The van der Waals surface area contributed by atoms with Gasteiger partial charge in [-0.1, -0.05) is 24.3 Å². The number of aliphatic hydroxyl groups is 1. The predicted octanol–water partition coefficient (Wildman–Crippen LogP) is 3.09. The molecule has 1 aromatic heterocycles. The van der Waals surface area contributed by atoms with E-state index in [1.54, 1.807) is 17.2 Å². The lowest BCUT2D eigenvalue weighted by atomic mass is 10.0. The van der Waals surface area contributed by atoms with E-state index in [2.05, 4.69) is 4.98 Å². The average molecular weight is 356 g/mol. The second kappa shape index (κ2) is 8.19. The number of cyclic esters (lactones) is 1. The van der Waals surface area contributed by atoms with Crippen molar-refractivity contribution in [2.24, 2.45) is 0 Å². The van der Waals surface area contributed by atoms with Crippen molar-refractivity contribution in [3.63, 3.8) is 0 Å².